The summed E-state index contributed by atoms with van der Waals surface area (Å²) in [7, 11) is 0. The number of hydrogen-bond donors (Lipinski definition) is 1. The van der Waals surface area contributed by atoms with E-state index in [4.69, 9.17) is 14.7 Å². The molecule has 4 heteroatoms. The molecule has 1 N–H and O–H groups in total. The molecular formula is C46H31N3O. The minimum Gasteiger partial charge on any atom is -0.457 e. The summed E-state index contributed by atoms with van der Waals surface area (Å²) >= 11 is 0. The first-order chi connectivity index (χ1) is 24.8. The van der Waals surface area contributed by atoms with Gasteiger partial charge in [0.25, 0.3) is 0 Å². The second-order valence-electron chi connectivity index (χ2n) is 12.9. The zero-order valence-electron chi connectivity index (χ0n) is 27.1. The van der Waals surface area contributed by atoms with Crippen molar-refractivity contribution in [3.8, 4) is 33.8 Å². The number of hydrogen-bond acceptors (Lipinski definition) is 4. The smallest absolute Gasteiger partial charge is 0.159 e. The van der Waals surface area contributed by atoms with Gasteiger partial charge in [0.15, 0.2) is 5.84 Å². The van der Waals surface area contributed by atoms with Crippen LogP contribution >= 0.6 is 0 Å². The molecule has 4 nitrogen and oxygen atoms in total. The standard InChI is InChI=1S/C46H31N3O/c1-3-14-30(15-4-1)31-26-28-33(29-27-31)44-47-43(32-16-5-2-6-17-32)48-45(49-44)36-20-13-19-35-34-18-7-8-21-37(34)46(42(35)36)38-22-9-11-24-40(38)50-41-25-12-10-23-39(41)46/h1-29,45H,(H,47,48,49). The van der Waals surface area contributed by atoms with Crippen molar-refractivity contribution in [2.45, 2.75) is 11.6 Å². The molecule has 2 heterocycles. The van der Waals surface area contributed by atoms with Crippen LogP contribution in [0.25, 0.3) is 22.3 Å². The van der Waals surface area contributed by atoms with Gasteiger partial charge in [-0.15, -0.1) is 0 Å². The van der Waals surface area contributed by atoms with Crippen LogP contribution in [0.2, 0.25) is 0 Å². The predicted molar refractivity (Wildman–Crippen MR) is 201 cm³/mol. The molecule has 3 aliphatic rings. The minimum absolute atomic E-state index is 0.408. The molecule has 7 aromatic carbocycles. The Balaban J connectivity index is 1.20. The number of amidine groups is 2. The lowest BCUT2D eigenvalue weighted by Gasteiger charge is -2.41. The molecule has 1 spiro atoms. The van der Waals surface area contributed by atoms with Gasteiger partial charge in [0.1, 0.15) is 23.5 Å². The van der Waals surface area contributed by atoms with E-state index in [-0.39, 0.29) is 0 Å². The molecule has 50 heavy (non-hydrogen) atoms. The van der Waals surface area contributed by atoms with E-state index in [0.717, 1.165) is 50.7 Å². The Morgan fingerprint density at radius 1 is 0.460 bits per heavy atom. The summed E-state index contributed by atoms with van der Waals surface area (Å²) in [4.78, 5) is 10.6. The number of ether oxygens (including phenoxy) is 1. The highest BCUT2D eigenvalue weighted by Crippen LogP contribution is 2.63. The van der Waals surface area contributed by atoms with Crippen molar-refractivity contribution in [1.29, 1.82) is 0 Å². The Hall–Kier alpha value is -6.52. The molecule has 0 aromatic heterocycles. The van der Waals surface area contributed by atoms with Crippen molar-refractivity contribution in [3.05, 3.63) is 215 Å². The number of benzene rings is 7. The van der Waals surface area contributed by atoms with Crippen LogP contribution in [0.4, 0.5) is 0 Å². The number of para-hydroxylation sites is 2. The lowest BCUT2D eigenvalue weighted by molar-refractivity contribution is 0.435. The van der Waals surface area contributed by atoms with Crippen LogP contribution in [0.15, 0.2) is 186 Å². The van der Waals surface area contributed by atoms with Crippen LogP contribution < -0.4 is 10.1 Å². The largest absolute Gasteiger partial charge is 0.457 e. The Morgan fingerprint density at radius 3 is 1.70 bits per heavy atom. The second kappa shape index (κ2) is 11.3. The maximum Gasteiger partial charge on any atom is 0.159 e. The van der Waals surface area contributed by atoms with Gasteiger partial charge in [-0.3, -0.25) is 0 Å². The summed E-state index contributed by atoms with van der Waals surface area (Å²) in [5.41, 5.74) is 12.0. The third-order valence-electron chi connectivity index (χ3n) is 10.2. The fraction of sp³-hybridized carbons (Fsp3) is 0.0435. The van der Waals surface area contributed by atoms with Crippen molar-refractivity contribution in [1.82, 2.24) is 5.32 Å². The molecule has 1 atom stereocenters. The normalized spacial score (nSPS) is 16.1. The van der Waals surface area contributed by atoms with E-state index >= 15 is 0 Å². The van der Waals surface area contributed by atoms with E-state index in [0.29, 0.717) is 5.84 Å². The third kappa shape index (κ3) is 4.25. The van der Waals surface area contributed by atoms with Gasteiger partial charge in [-0.2, -0.15) is 0 Å². The highest BCUT2D eigenvalue weighted by molar-refractivity contribution is 6.13. The molecule has 10 rings (SSSR count). The van der Waals surface area contributed by atoms with E-state index in [2.05, 4.69) is 169 Å². The molecule has 2 aliphatic heterocycles. The van der Waals surface area contributed by atoms with Gasteiger partial charge in [-0.1, -0.05) is 164 Å². The quantitative estimate of drug-likeness (QED) is 0.208. The van der Waals surface area contributed by atoms with Gasteiger partial charge in [-0.25, -0.2) is 9.98 Å². The summed E-state index contributed by atoms with van der Waals surface area (Å²) in [6.45, 7) is 0. The highest BCUT2D eigenvalue weighted by atomic mass is 16.5. The fourth-order valence-electron chi connectivity index (χ4n) is 8.10. The van der Waals surface area contributed by atoms with E-state index in [1.165, 1.54) is 27.8 Å². The maximum absolute atomic E-state index is 6.61. The Bertz CT molecular complexity index is 2440. The van der Waals surface area contributed by atoms with Crippen LogP contribution in [-0.4, -0.2) is 11.7 Å². The van der Waals surface area contributed by atoms with Crippen LogP contribution in [0.3, 0.4) is 0 Å². The SMILES string of the molecule is c1ccc(C2=NC(c3ccc(-c4ccccc4)cc3)=NC(c3cccc4c3C3(c5ccccc5Oc5ccccc53)c3ccccc3-4)N2)cc1. The summed E-state index contributed by atoms with van der Waals surface area (Å²) in [5.74, 6) is 3.23. The molecule has 0 amide bonds. The van der Waals surface area contributed by atoms with Gasteiger partial charge in [0.2, 0.25) is 0 Å². The monoisotopic (exact) mass is 641 g/mol. The number of fused-ring (bicyclic) bond motifs is 9. The molecular weight excluding hydrogens is 611 g/mol. The first kappa shape index (κ1) is 28.5. The first-order valence-corrected chi connectivity index (χ1v) is 17.0. The maximum atomic E-state index is 6.61. The Labute approximate surface area is 291 Å². The van der Waals surface area contributed by atoms with Gasteiger partial charge in [0, 0.05) is 27.8 Å². The average molecular weight is 642 g/mol. The summed E-state index contributed by atoms with van der Waals surface area (Å²) in [6.07, 6.45) is -0.408. The lowest BCUT2D eigenvalue weighted by atomic mass is 9.65. The Morgan fingerprint density at radius 2 is 1.00 bits per heavy atom. The van der Waals surface area contributed by atoms with Crippen molar-refractivity contribution in [2.75, 3.05) is 0 Å². The van der Waals surface area contributed by atoms with E-state index < -0.39 is 11.6 Å². The minimum atomic E-state index is -0.607. The summed E-state index contributed by atoms with van der Waals surface area (Å²) < 4.78 is 6.61. The van der Waals surface area contributed by atoms with Gasteiger partial charge < -0.3 is 10.1 Å². The topological polar surface area (TPSA) is 46.0 Å². The van der Waals surface area contributed by atoms with Crippen molar-refractivity contribution < 1.29 is 4.74 Å². The highest BCUT2D eigenvalue weighted by Gasteiger charge is 2.52. The first-order valence-electron chi connectivity index (χ1n) is 17.0. The van der Waals surface area contributed by atoms with Crippen LogP contribution in [0, 0.1) is 0 Å². The average Bonchev–Trinajstić information content (AvgIpc) is 3.49. The van der Waals surface area contributed by atoms with Crippen molar-refractivity contribution in [2.24, 2.45) is 9.98 Å². The van der Waals surface area contributed by atoms with Crippen molar-refractivity contribution >= 4 is 11.7 Å². The van der Waals surface area contributed by atoms with Gasteiger partial charge in [-0.05, 0) is 45.5 Å². The summed E-state index contributed by atoms with van der Waals surface area (Å²) in [5, 5.41) is 3.78. The zero-order chi connectivity index (χ0) is 33.1. The molecule has 0 saturated carbocycles. The zero-order valence-corrected chi connectivity index (χ0v) is 27.1. The van der Waals surface area contributed by atoms with Crippen LogP contribution in [0.1, 0.15) is 45.1 Å². The number of nitrogens with one attached hydrogen (secondary N) is 1. The number of rotatable bonds is 4. The molecule has 0 fully saturated rings. The van der Waals surface area contributed by atoms with E-state index in [9.17, 15) is 0 Å². The molecule has 7 aromatic rings. The molecule has 1 aliphatic carbocycles. The molecule has 0 radical (unpaired) electrons. The predicted octanol–water partition coefficient (Wildman–Crippen LogP) is 10.3. The molecule has 0 bridgehead atoms. The van der Waals surface area contributed by atoms with Gasteiger partial charge >= 0.3 is 0 Å². The third-order valence-corrected chi connectivity index (χ3v) is 10.2. The summed E-state index contributed by atoms with van der Waals surface area (Å²) in [6, 6.07) is 61.8. The molecule has 1 unspecified atom stereocenters. The second-order valence-corrected chi connectivity index (χ2v) is 12.9. The van der Waals surface area contributed by atoms with E-state index in [1.54, 1.807) is 0 Å². The number of nitrogens with zero attached hydrogens (tertiary/aromatic N) is 2. The molecule has 0 saturated heterocycles. The number of aliphatic imine (C=N–C) groups is 2. The fourth-order valence-corrected chi connectivity index (χ4v) is 8.10. The molecule has 236 valence electrons. The van der Waals surface area contributed by atoms with Gasteiger partial charge in [0.05, 0.1) is 5.41 Å². The van der Waals surface area contributed by atoms with Crippen LogP contribution in [0.5, 0.6) is 11.5 Å². The van der Waals surface area contributed by atoms with Crippen LogP contribution in [-0.2, 0) is 5.41 Å². The van der Waals surface area contributed by atoms with Crippen molar-refractivity contribution in [3.63, 3.8) is 0 Å². The Kier molecular flexibility index (Phi) is 6.43. The lowest BCUT2D eigenvalue weighted by Crippen LogP contribution is -2.37. The van der Waals surface area contributed by atoms with E-state index in [1.807, 2.05) is 12.1 Å².